The Kier molecular flexibility index (Phi) is 6.58. The number of H-pyrrole nitrogens is 1. The van der Waals surface area contributed by atoms with Gasteiger partial charge in [0.1, 0.15) is 0 Å². The lowest BCUT2D eigenvalue weighted by molar-refractivity contribution is -0.120. The van der Waals surface area contributed by atoms with E-state index >= 15 is 0 Å². The molecule has 0 saturated carbocycles. The standard InChI is InChI=1S/C28H30ClN5O2/c1-28(2)13-22-26(24(35)14-28)27(19-7-3-4-8-20(19)29)34(23-10-6-5-9-21(23)33-22)16-25(36)31-12-11-18-15-30-17-32-18/h3-10,15,17,27,33H,11-14,16H2,1-2H3,(H,30,32)(H,31,36). The van der Waals surface area contributed by atoms with E-state index in [0.717, 1.165) is 34.8 Å². The number of para-hydroxylation sites is 2. The summed E-state index contributed by atoms with van der Waals surface area (Å²) in [4.78, 5) is 36.0. The van der Waals surface area contributed by atoms with Crippen LogP contribution in [0.15, 0.2) is 72.3 Å². The third-order valence-corrected chi connectivity index (χ3v) is 7.13. The van der Waals surface area contributed by atoms with Gasteiger partial charge in [0.05, 0.1) is 30.3 Å². The van der Waals surface area contributed by atoms with Gasteiger partial charge in [0.25, 0.3) is 0 Å². The van der Waals surface area contributed by atoms with Crippen LogP contribution in [0.4, 0.5) is 11.4 Å². The molecule has 1 aliphatic heterocycles. The highest BCUT2D eigenvalue weighted by Gasteiger charge is 2.42. The van der Waals surface area contributed by atoms with E-state index in [9.17, 15) is 9.59 Å². The first-order valence-corrected chi connectivity index (χ1v) is 12.6. The van der Waals surface area contributed by atoms with Crippen molar-refractivity contribution in [3.05, 3.63) is 88.6 Å². The molecule has 1 aliphatic carbocycles. The second-order valence-corrected chi connectivity index (χ2v) is 10.6. The van der Waals surface area contributed by atoms with Crippen molar-refractivity contribution in [1.82, 2.24) is 15.3 Å². The molecule has 0 radical (unpaired) electrons. The molecule has 5 rings (SSSR count). The number of fused-ring (bicyclic) bond motifs is 1. The number of halogens is 1. The summed E-state index contributed by atoms with van der Waals surface area (Å²) >= 11 is 6.72. The lowest BCUT2D eigenvalue weighted by atomic mass is 9.73. The Hall–Kier alpha value is -3.58. The average Bonchev–Trinajstić information content (AvgIpc) is 3.30. The molecule has 2 heterocycles. The van der Waals surface area contributed by atoms with Crippen molar-refractivity contribution >= 4 is 34.7 Å². The van der Waals surface area contributed by atoms with Gasteiger partial charge in [0, 0.05) is 47.6 Å². The molecule has 1 aromatic heterocycles. The molecule has 3 aromatic rings. The van der Waals surface area contributed by atoms with Crippen molar-refractivity contribution in [3.8, 4) is 0 Å². The van der Waals surface area contributed by atoms with E-state index in [4.69, 9.17) is 11.6 Å². The van der Waals surface area contributed by atoms with Crippen LogP contribution in [0, 0.1) is 5.41 Å². The van der Waals surface area contributed by atoms with Gasteiger partial charge in [-0.25, -0.2) is 4.98 Å². The quantitative estimate of drug-likeness (QED) is 0.438. The topological polar surface area (TPSA) is 90.1 Å². The number of rotatable bonds is 6. The summed E-state index contributed by atoms with van der Waals surface area (Å²) in [6.07, 6.45) is 5.20. The van der Waals surface area contributed by atoms with Crippen molar-refractivity contribution in [3.63, 3.8) is 0 Å². The first kappa shape index (κ1) is 24.1. The minimum absolute atomic E-state index is 0.0744. The molecular weight excluding hydrogens is 474 g/mol. The van der Waals surface area contributed by atoms with Gasteiger partial charge in [-0.1, -0.05) is 55.8 Å². The van der Waals surface area contributed by atoms with E-state index < -0.39 is 6.04 Å². The summed E-state index contributed by atoms with van der Waals surface area (Å²) < 4.78 is 0. The largest absolute Gasteiger partial charge is 0.357 e. The zero-order valence-electron chi connectivity index (χ0n) is 20.5. The Bertz CT molecular complexity index is 1310. The number of carbonyl (C=O) groups is 2. The number of carbonyl (C=O) groups excluding carboxylic acids is 2. The van der Waals surface area contributed by atoms with E-state index in [-0.39, 0.29) is 23.7 Å². The number of anilines is 2. The van der Waals surface area contributed by atoms with Crippen LogP contribution in [0.3, 0.4) is 0 Å². The van der Waals surface area contributed by atoms with Gasteiger partial charge in [-0.15, -0.1) is 0 Å². The number of aromatic nitrogens is 2. The average molecular weight is 504 g/mol. The molecule has 8 heteroatoms. The van der Waals surface area contributed by atoms with E-state index in [0.29, 0.717) is 30.0 Å². The van der Waals surface area contributed by atoms with Crippen LogP contribution in [0.25, 0.3) is 0 Å². The normalized spacial score (nSPS) is 18.7. The van der Waals surface area contributed by atoms with Crippen LogP contribution in [-0.4, -0.2) is 34.7 Å². The first-order chi connectivity index (χ1) is 17.3. The molecule has 186 valence electrons. The second-order valence-electron chi connectivity index (χ2n) is 10.2. The number of aromatic amines is 1. The monoisotopic (exact) mass is 503 g/mol. The van der Waals surface area contributed by atoms with Gasteiger partial charge in [0.2, 0.25) is 5.91 Å². The molecule has 2 aliphatic rings. The summed E-state index contributed by atoms with van der Waals surface area (Å²) in [5.74, 6) is -0.0508. The zero-order chi connectivity index (χ0) is 25.3. The number of imidazole rings is 1. The number of hydrogen-bond acceptors (Lipinski definition) is 5. The van der Waals surface area contributed by atoms with E-state index in [1.165, 1.54) is 0 Å². The summed E-state index contributed by atoms with van der Waals surface area (Å²) in [7, 11) is 0. The Morgan fingerprint density at radius 3 is 2.72 bits per heavy atom. The number of ketones is 1. The smallest absolute Gasteiger partial charge is 0.239 e. The zero-order valence-corrected chi connectivity index (χ0v) is 21.2. The maximum absolute atomic E-state index is 13.7. The van der Waals surface area contributed by atoms with Crippen molar-refractivity contribution in [1.29, 1.82) is 0 Å². The fourth-order valence-corrected chi connectivity index (χ4v) is 5.46. The third kappa shape index (κ3) is 4.88. The Morgan fingerprint density at radius 2 is 1.94 bits per heavy atom. The Balaban J connectivity index is 1.56. The number of allylic oxidation sites excluding steroid dienone is 1. The Labute approximate surface area is 216 Å². The van der Waals surface area contributed by atoms with Gasteiger partial charge in [0.15, 0.2) is 5.78 Å². The molecule has 1 atom stereocenters. The van der Waals surface area contributed by atoms with Gasteiger partial charge >= 0.3 is 0 Å². The SMILES string of the molecule is CC1(C)CC(=O)C2=C(C1)Nc1ccccc1N(CC(=O)NCCc1cnc[nH]1)C2c1ccccc1Cl. The number of benzene rings is 2. The summed E-state index contributed by atoms with van der Waals surface area (Å²) in [5, 5.41) is 7.15. The van der Waals surface area contributed by atoms with Crippen molar-refractivity contribution < 1.29 is 9.59 Å². The second kappa shape index (κ2) is 9.82. The molecule has 0 spiro atoms. The van der Waals surface area contributed by atoms with E-state index in [1.54, 1.807) is 12.5 Å². The molecule has 1 unspecified atom stereocenters. The fourth-order valence-electron chi connectivity index (χ4n) is 5.22. The van der Waals surface area contributed by atoms with E-state index in [1.807, 2.05) is 53.4 Å². The highest BCUT2D eigenvalue weighted by Crippen LogP contribution is 2.49. The van der Waals surface area contributed by atoms with Crippen LogP contribution < -0.4 is 15.5 Å². The minimum atomic E-state index is -0.494. The van der Waals surface area contributed by atoms with Crippen molar-refractivity contribution in [2.45, 2.75) is 39.2 Å². The van der Waals surface area contributed by atoms with Crippen LogP contribution in [0.1, 0.15) is 44.0 Å². The minimum Gasteiger partial charge on any atom is -0.357 e. The highest BCUT2D eigenvalue weighted by molar-refractivity contribution is 6.31. The molecule has 0 bridgehead atoms. The predicted octanol–water partition coefficient (Wildman–Crippen LogP) is 5.04. The van der Waals surface area contributed by atoms with Crippen molar-refractivity contribution in [2.24, 2.45) is 5.41 Å². The number of amides is 1. The lowest BCUT2D eigenvalue weighted by Gasteiger charge is -2.38. The van der Waals surface area contributed by atoms with E-state index in [2.05, 4.69) is 34.4 Å². The van der Waals surface area contributed by atoms with Crippen LogP contribution in [-0.2, 0) is 16.0 Å². The number of Topliss-reactive ketones (excluding diaryl/α,β-unsaturated/α-hetero) is 1. The van der Waals surface area contributed by atoms with Gasteiger partial charge < -0.3 is 20.5 Å². The van der Waals surface area contributed by atoms with Crippen molar-refractivity contribution in [2.75, 3.05) is 23.3 Å². The maximum atomic E-state index is 13.7. The first-order valence-electron chi connectivity index (χ1n) is 12.2. The summed E-state index contributed by atoms with van der Waals surface area (Å²) in [6.45, 7) is 4.78. The molecule has 1 amide bonds. The highest BCUT2D eigenvalue weighted by atomic mass is 35.5. The molecule has 0 saturated heterocycles. The number of hydrogen-bond donors (Lipinski definition) is 3. The molecule has 3 N–H and O–H groups in total. The lowest BCUT2D eigenvalue weighted by Crippen LogP contribution is -2.42. The molecule has 2 aromatic carbocycles. The van der Waals surface area contributed by atoms with Crippen LogP contribution >= 0.6 is 11.6 Å². The van der Waals surface area contributed by atoms with Crippen LogP contribution in [0.5, 0.6) is 0 Å². The van der Waals surface area contributed by atoms with Gasteiger partial charge in [-0.2, -0.15) is 0 Å². The number of nitrogens with one attached hydrogen (secondary N) is 3. The Morgan fingerprint density at radius 1 is 1.17 bits per heavy atom. The summed E-state index contributed by atoms with van der Waals surface area (Å²) in [6, 6.07) is 15.0. The molecule has 36 heavy (non-hydrogen) atoms. The maximum Gasteiger partial charge on any atom is 0.239 e. The predicted molar refractivity (Wildman–Crippen MR) is 142 cm³/mol. The molecule has 0 fully saturated rings. The van der Waals surface area contributed by atoms with Crippen LogP contribution in [0.2, 0.25) is 5.02 Å². The summed E-state index contributed by atoms with van der Waals surface area (Å²) in [5.41, 5.74) is 4.91. The third-order valence-electron chi connectivity index (χ3n) is 6.79. The molecule has 7 nitrogen and oxygen atoms in total. The number of nitrogens with zero attached hydrogens (tertiary/aromatic N) is 2. The molecular formula is C28H30ClN5O2. The van der Waals surface area contributed by atoms with Gasteiger partial charge in [-0.3, -0.25) is 9.59 Å². The van der Waals surface area contributed by atoms with Gasteiger partial charge in [-0.05, 0) is 35.6 Å². The fraction of sp³-hybridized carbons (Fsp3) is 0.321.